The maximum absolute atomic E-state index is 12.9. The second kappa shape index (κ2) is 7.69. The lowest BCUT2D eigenvalue weighted by atomic mass is 10.1. The van der Waals surface area contributed by atoms with Gasteiger partial charge in [0.05, 0.1) is 22.8 Å². The summed E-state index contributed by atoms with van der Waals surface area (Å²) in [5.74, 6) is 1.46. The smallest absolute Gasteiger partial charge is 0.261 e. The molecule has 1 N–H and O–H groups in total. The van der Waals surface area contributed by atoms with Gasteiger partial charge in [-0.1, -0.05) is 0 Å². The minimum Gasteiger partial charge on any atom is -0.373 e. The second-order valence-electron chi connectivity index (χ2n) is 8.45. The average Bonchev–Trinajstić information content (AvgIpc) is 3.42. The number of morpholine rings is 1. The Balaban J connectivity index is 1.46. The Morgan fingerprint density at radius 1 is 1.25 bits per heavy atom. The summed E-state index contributed by atoms with van der Waals surface area (Å²) in [6.07, 6.45) is 2.82. The van der Waals surface area contributed by atoms with E-state index in [-0.39, 0.29) is 24.2 Å². The van der Waals surface area contributed by atoms with Gasteiger partial charge >= 0.3 is 0 Å². The van der Waals surface area contributed by atoms with Gasteiger partial charge in [-0.05, 0) is 53.0 Å². The Kier molecular flexibility index (Phi) is 5.42. The van der Waals surface area contributed by atoms with Crippen molar-refractivity contribution >= 4 is 27.5 Å². The van der Waals surface area contributed by atoms with Gasteiger partial charge in [0.25, 0.3) is 5.91 Å². The minimum atomic E-state index is -0.00548. The van der Waals surface area contributed by atoms with Crippen molar-refractivity contribution < 1.29 is 9.53 Å². The molecule has 1 aliphatic carbocycles. The van der Waals surface area contributed by atoms with Gasteiger partial charge in [0.2, 0.25) is 0 Å². The summed E-state index contributed by atoms with van der Waals surface area (Å²) in [5.41, 5.74) is 1.99. The van der Waals surface area contributed by atoms with Gasteiger partial charge in [-0.3, -0.25) is 9.69 Å². The van der Waals surface area contributed by atoms with Gasteiger partial charge in [-0.15, -0.1) is 11.3 Å². The molecule has 0 aromatic carbocycles. The van der Waals surface area contributed by atoms with Crippen LogP contribution in [0.2, 0.25) is 0 Å². The molecule has 2 aromatic heterocycles. The van der Waals surface area contributed by atoms with Crippen LogP contribution in [0.25, 0.3) is 10.2 Å². The van der Waals surface area contributed by atoms with Crippen molar-refractivity contribution in [1.29, 1.82) is 0 Å². The molecule has 0 radical (unpaired) electrons. The maximum Gasteiger partial charge on any atom is 0.261 e. The summed E-state index contributed by atoms with van der Waals surface area (Å²) in [7, 11) is 0. The Bertz CT molecular complexity index is 882. The summed E-state index contributed by atoms with van der Waals surface area (Å²) in [6.45, 7) is 12.9. The average molecular weight is 403 g/mol. The molecule has 3 heterocycles. The second-order valence-corrected chi connectivity index (χ2v) is 9.45. The first-order valence-corrected chi connectivity index (χ1v) is 11.1. The first kappa shape index (κ1) is 19.7. The van der Waals surface area contributed by atoms with Crippen molar-refractivity contribution in [3.05, 3.63) is 22.0 Å². The van der Waals surface area contributed by atoms with E-state index in [0.717, 1.165) is 45.3 Å². The number of aryl methyl sites for hydroxylation is 2. The number of nitrogens with zero attached hydrogens (tertiary/aromatic N) is 3. The number of carbonyl (C=O) groups is 1. The van der Waals surface area contributed by atoms with Crippen LogP contribution >= 0.6 is 11.3 Å². The predicted molar refractivity (Wildman–Crippen MR) is 112 cm³/mol. The van der Waals surface area contributed by atoms with Crippen molar-refractivity contribution in [2.45, 2.75) is 71.6 Å². The lowest BCUT2D eigenvalue weighted by molar-refractivity contribution is -0.0778. The number of rotatable bonds is 5. The molecule has 6 nitrogen and oxygen atoms in total. The Labute approximate surface area is 170 Å². The third kappa shape index (κ3) is 3.93. The van der Waals surface area contributed by atoms with Crippen molar-refractivity contribution in [1.82, 2.24) is 20.2 Å². The summed E-state index contributed by atoms with van der Waals surface area (Å²) >= 11 is 1.50. The lowest BCUT2D eigenvalue weighted by Gasteiger charge is -2.38. The maximum atomic E-state index is 12.9. The van der Waals surface area contributed by atoms with Gasteiger partial charge < -0.3 is 10.1 Å². The van der Waals surface area contributed by atoms with Gasteiger partial charge in [-0.2, -0.15) is 0 Å². The van der Waals surface area contributed by atoms with E-state index in [9.17, 15) is 4.79 Å². The Hall–Kier alpha value is -1.57. The van der Waals surface area contributed by atoms with Crippen LogP contribution in [0.15, 0.2) is 0 Å². The SMILES string of the molecule is Cc1nc(C2CC2)nc2sc(C(=O)NCC(C)N3CC(C)OC(C)C3)c(C)c12. The molecule has 2 aromatic rings. The van der Waals surface area contributed by atoms with Crippen LogP contribution in [0.4, 0.5) is 0 Å². The van der Waals surface area contributed by atoms with Gasteiger partial charge in [-0.25, -0.2) is 9.97 Å². The summed E-state index contributed by atoms with van der Waals surface area (Å²) < 4.78 is 5.81. The molecule has 1 saturated carbocycles. The van der Waals surface area contributed by atoms with Crippen LogP contribution in [-0.2, 0) is 4.74 Å². The van der Waals surface area contributed by atoms with E-state index >= 15 is 0 Å². The highest BCUT2D eigenvalue weighted by Gasteiger charge is 2.29. The molecule has 4 rings (SSSR count). The van der Waals surface area contributed by atoms with E-state index < -0.39 is 0 Å². The molecule has 1 amide bonds. The summed E-state index contributed by atoms with van der Waals surface area (Å²) in [6, 6.07) is 0.274. The fourth-order valence-corrected chi connectivity index (χ4v) is 5.28. The molecule has 2 aliphatic rings. The molecule has 3 unspecified atom stereocenters. The summed E-state index contributed by atoms with van der Waals surface area (Å²) in [4.78, 5) is 26.4. The highest BCUT2D eigenvalue weighted by molar-refractivity contribution is 7.20. The quantitative estimate of drug-likeness (QED) is 0.830. The normalized spacial score (nSPS) is 24.5. The molecule has 0 bridgehead atoms. The fraction of sp³-hybridized carbons (Fsp3) is 0.667. The number of aromatic nitrogens is 2. The Morgan fingerprint density at radius 2 is 1.93 bits per heavy atom. The van der Waals surface area contributed by atoms with E-state index in [1.807, 2.05) is 13.8 Å². The molecule has 3 atom stereocenters. The van der Waals surface area contributed by atoms with E-state index in [4.69, 9.17) is 14.7 Å². The first-order chi connectivity index (χ1) is 13.3. The zero-order chi connectivity index (χ0) is 20.0. The van der Waals surface area contributed by atoms with Crippen molar-refractivity contribution in [2.75, 3.05) is 19.6 Å². The van der Waals surface area contributed by atoms with Gasteiger partial charge in [0.1, 0.15) is 10.7 Å². The molecular weight excluding hydrogens is 372 g/mol. The summed E-state index contributed by atoms with van der Waals surface area (Å²) in [5, 5.41) is 4.18. The van der Waals surface area contributed by atoms with E-state index in [1.165, 1.54) is 24.2 Å². The fourth-order valence-electron chi connectivity index (χ4n) is 4.13. The van der Waals surface area contributed by atoms with Gasteiger partial charge in [0.15, 0.2) is 0 Å². The van der Waals surface area contributed by atoms with Crippen LogP contribution in [0.3, 0.4) is 0 Å². The molecule has 1 aliphatic heterocycles. The number of ether oxygens (including phenoxy) is 1. The van der Waals surface area contributed by atoms with Crippen molar-refractivity contribution in [3.63, 3.8) is 0 Å². The number of hydrogen-bond acceptors (Lipinski definition) is 6. The monoisotopic (exact) mass is 402 g/mol. The van der Waals surface area contributed by atoms with Crippen LogP contribution in [-0.4, -0.2) is 58.7 Å². The molecule has 152 valence electrons. The minimum absolute atomic E-state index is 0.00548. The third-order valence-corrected chi connectivity index (χ3v) is 6.95. The van der Waals surface area contributed by atoms with E-state index in [2.05, 4.69) is 31.0 Å². The number of thiophene rings is 1. The topological polar surface area (TPSA) is 67.4 Å². The zero-order valence-electron chi connectivity index (χ0n) is 17.4. The third-order valence-electron chi connectivity index (χ3n) is 5.77. The standard InChI is InChI=1S/C21H30N4O2S/c1-11(25-9-12(2)27-13(3)10-25)8-22-20(26)18-14(4)17-15(5)23-19(16-6-7-16)24-21(17)28-18/h11-13,16H,6-10H2,1-5H3,(H,22,26). The number of carbonyl (C=O) groups excluding carboxylic acids is 1. The van der Waals surface area contributed by atoms with Crippen molar-refractivity contribution in [2.24, 2.45) is 0 Å². The van der Waals surface area contributed by atoms with Crippen LogP contribution in [0.5, 0.6) is 0 Å². The van der Waals surface area contributed by atoms with E-state index in [0.29, 0.717) is 12.5 Å². The highest BCUT2D eigenvalue weighted by Crippen LogP contribution is 2.40. The van der Waals surface area contributed by atoms with Crippen molar-refractivity contribution in [3.8, 4) is 0 Å². The van der Waals surface area contributed by atoms with Crippen LogP contribution in [0, 0.1) is 13.8 Å². The van der Waals surface area contributed by atoms with Crippen LogP contribution in [0.1, 0.15) is 66.3 Å². The molecule has 28 heavy (non-hydrogen) atoms. The van der Waals surface area contributed by atoms with Gasteiger partial charge in [0, 0.05) is 37.0 Å². The number of amides is 1. The van der Waals surface area contributed by atoms with E-state index in [1.54, 1.807) is 0 Å². The molecule has 1 saturated heterocycles. The molecule has 7 heteroatoms. The van der Waals surface area contributed by atoms with Crippen LogP contribution < -0.4 is 5.32 Å². The number of hydrogen-bond donors (Lipinski definition) is 1. The highest BCUT2D eigenvalue weighted by atomic mass is 32.1. The Morgan fingerprint density at radius 3 is 2.57 bits per heavy atom. The number of nitrogens with one attached hydrogen (secondary N) is 1. The zero-order valence-corrected chi connectivity index (χ0v) is 18.2. The lowest BCUT2D eigenvalue weighted by Crippen LogP contribution is -2.52. The largest absolute Gasteiger partial charge is 0.373 e. The first-order valence-electron chi connectivity index (χ1n) is 10.3. The molecule has 2 fully saturated rings. The predicted octanol–water partition coefficient (Wildman–Crippen LogP) is 3.41. The molecular formula is C21H30N4O2S. The molecule has 0 spiro atoms. The number of fused-ring (bicyclic) bond motifs is 1.